The Morgan fingerprint density at radius 3 is 2.84 bits per heavy atom. The van der Waals surface area contributed by atoms with Gasteiger partial charge in [-0.05, 0) is 32.3 Å². The highest BCUT2D eigenvalue weighted by Crippen LogP contribution is 2.31. The van der Waals surface area contributed by atoms with E-state index in [1.165, 1.54) is 17.4 Å². The van der Waals surface area contributed by atoms with E-state index in [-0.39, 0.29) is 11.9 Å². The molecule has 3 rings (SSSR count). The van der Waals surface area contributed by atoms with E-state index in [0.29, 0.717) is 22.2 Å². The molecule has 0 aliphatic rings. The van der Waals surface area contributed by atoms with E-state index in [1.807, 2.05) is 33.5 Å². The summed E-state index contributed by atoms with van der Waals surface area (Å²) in [5.74, 6) is -0.313. The summed E-state index contributed by atoms with van der Waals surface area (Å²) in [7, 11) is 5.93. The molecule has 0 saturated heterocycles. The Morgan fingerprint density at radius 1 is 1.36 bits per heavy atom. The average molecular weight is 425 g/mol. The lowest BCUT2D eigenvalue weighted by Crippen LogP contribution is -2.26. The number of nitrogens with one attached hydrogen (secondary N) is 1. The lowest BCUT2D eigenvalue weighted by Gasteiger charge is -2.23. The van der Waals surface area contributed by atoms with Crippen LogP contribution in [0.2, 0.25) is 0 Å². The fourth-order valence-corrected chi connectivity index (χ4v) is 3.59. The topological polar surface area (TPSA) is 58.9 Å². The predicted octanol–water partition coefficient (Wildman–Crippen LogP) is 3.56. The van der Waals surface area contributed by atoms with Crippen molar-refractivity contribution in [3.05, 3.63) is 46.4 Å². The first-order valence-electron chi connectivity index (χ1n) is 7.62. The Kier molecular flexibility index (Phi) is 5.45. The highest BCUT2D eigenvalue weighted by atomic mass is 79.9. The molecule has 25 heavy (non-hydrogen) atoms. The molecule has 2 aromatic heterocycles. The van der Waals surface area contributed by atoms with Crippen molar-refractivity contribution in [3.63, 3.8) is 0 Å². The molecule has 1 atom stereocenters. The molecule has 0 aliphatic carbocycles. The fraction of sp³-hybridized carbons (Fsp3) is 0.312. The van der Waals surface area contributed by atoms with Gasteiger partial charge in [-0.1, -0.05) is 27.3 Å². The van der Waals surface area contributed by atoms with Crippen LogP contribution in [-0.4, -0.2) is 45.5 Å². The summed E-state index contributed by atoms with van der Waals surface area (Å²) in [5, 5.41) is 17.0. The molecule has 0 fully saturated rings. The summed E-state index contributed by atoms with van der Waals surface area (Å²) in [5.41, 5.74) is 1.55. The summed E-state index contributed by atoms with van der Waals surface area (Å²) < 4.78 is 16.6. The van der Waals surface area contributed by atoms with Gasteiger partial charge in [-0.15, -0.1) is 10.2 Å². The first-order chi connectivity index (χ1) is 11.9. The zero-order valence-electron chi connectivity index (χ0n) is 14.1. The minimum absolute atomic E-state index is 0.142. The Balaban J connectivity index is 1.73. The van der Waals surface area contributed by atoms with E-state index in [0.717, 1.165) is 10.0 Å². The third-order valence-corrected chi connectivity index (χ3v) is 5.17. The molecule has 6 nitrogen and oxygen atoms in total. The van der Waals surface area contributed by atoms with Gasteiger partial charge in [0.25, 0.3) is 0 Å². The third kappa shape index (κ3) is 4.23. The van der Waals surface area contributed by atoms with Crippen molar-refractivity contribution in [2.24, 2.45) is 7.05 Å². The van der Waals surface area contributed by atoms with Gasteiger partial charge in [0, 0.05) is 35.4 Å². The number of hydrogen-bond donors (Lipinski definition) is 1. The number of nitrogens with zero attached hydrogens (tertiary/aromatic N) is 5. The van der Waals surface area contributed by atoms with Gasteiger partial charge in [0.1, 0.15) is 5.82 Å². The molecule has 0 saturated carbocycles. The molecule has 132 valence electrons. The number of hydrogen-bond acceptors (Lipinski definition) is 6. The lowest BCUT2D eigenvalue weighted by atomic mass is 10.1. The number of anilines is 1. The zero-order valence-corrected chi connectivity index (χ0v) is 16.5. The van der Waals surface area contributed by atoms with Gasteiger partial charge in [-0.3, -0.25) is 4.68 Å². The Labute approximate surface area is 157 Å². The smallest absolute Gasteiger partial charge is 0.206 e. The largest absolute Gasteiger partial charge is 0.358 e. The van der Waals surface area contributed by atoms with Crippen molar-refractivity contribution in [2.45, 2.75) is 6.04 Å². The molecular weight excluding hydrogens is 407 g/mol. The van der Waals surface area contributed by atoms with Crippen molar-refractivity contribution in [1.29, 1.82) is 0 Å². The molecule has 0 bridgehead atoms. The minimum Gasteiger partial charge on any atom is -0.358 e. The molecule has 1 N–H and O–H groups in total. The van der Waals surface area contributed by atoms with E-state index >= 15 is 0 Å². The van der Waals surface area contributed by atoms with Crippen LogP contribution in [0.1, 0.15) is 11.6 Å². The maximum Gasteiger partial charge on any atom is 0.206 e. The summed E-state index contributed by atoms with van der Waals surface area (Å²) in [6.45, 7) is 0.647. The van der Waals surface area contributed by atoms with Crippen LogP contribution in [0, 0.1) is 5.82 Å². The second-order valence-corrected chi connectivity index (χ2v) is 7.74. The van der Waals surface area contributed by atoms with Crippen LogP contribution in [0.15, 0.2) is 35.1 Å². The fourth-order valence-electron chi connectivity index (χ4n) is 2.46. The normalized spacial score (nSPS) is 12.6. The van der Waals surface area contributed by atoms with E-state index < -0.39 is 0 Å². The number of halogens is 2. The first-order valence-corrected chi connectivity index (χ1v) is 9.23. The van der Waals surface area contributed by atoms with Crippen molar-refractivity contribution < 1.29 is 4.39 Å². The molecule has 0 spiro atoms. The molecule has 1 aromatic carbocycles. The van der Waals surface area contributed by atoms with Gasteiger partial charge in [0.05, 0.1) is 12.2 Å². The van der Waals surface area contributed by atoms with Crippen molar-refractivity contribution >= 4 is 32.4 Å². The van der Waals surface area contributed by atoms with Gasteiger partial charge in [-0.25, -0.2) is 4.39 Å². The monoisotopic (exact) mass is 424 g/mol. The van der Waals surface area contributed by atoms with Crippen molar-refractivity contribution in [2.75, 3.05) is 26.0 Å². The Bertz CT molecular complexity index is 862. The number of aryl methyl sites for hydroxylation is 1. The Hall–Kier alpha value is -1.84. The maximum atomic E-state index is 14.0. The van der Waals surface area contributed by atoms with E-state index in [1.54, 1.807) is 16.8 Å². The Morgan fingerprint density at radius 2 is 2.16 bits per heavy atom. The van der Waals surface area contributed by atoms with Crippen molar-refractivity contribution in [1.82, 2.24) is 24.9 Å². The predicted molar refractivity (Wildman–Crippen MR) is 101 cm³/mol. The van der Waals surface area contributed by atoms with Gasteiger partial charge in [0.15, 0.2) is 5.01 Å². The van der Waals surface area contributed by atoms with Gasteiger partial charge in [-0.2, -0.15) is 5.10 Å². The summed E-state index contributed by atoms with van der Waals surface area (Å²) in [6, 6.07) is 4.92. The number of rotatable bonds is 6. The first kappa shape index (κ1) is 18.0. The quantitative estimate of drug-likeness (QED) is 0.655. The molecule has 2 heterocycles. The molecule has 1 unspecified atom stereocenters. The van der Waals surface area contributed by atoms with Crippen LogP contribution in [0.5, 0.6) is 0 Å². The van der Waals surface area contributed by atoms with E-state index in [2.05, 4.69) is 41.4 Å². The van der Waals surface area contributed by atoms with Crippen LogP contribution in [0.4, 0.5) is 9.52 Å². The highest BCUT2D eigenvalue weighted by molar-refractivity contribution is 9.10. The van der Waals surface area contributed by atoms with Crippen molar-refractivity contribution in [3.8, 4) is 10.6 Å². The van der Waals surface area contributed by atoms with Gasteiger partial charge >= 0.3 is 0 Å². The third-order valence-electron chi connectivity index (χ3n) is 3.76. The molecule has 0 radical (unpaired) electrons. The van der Waals surface area contributed by atoms with Gasteiger partial charge in [0.2, 0.25) is 5.13 Å². The SMILES string of the molecule is CN(C)C(CNc1nnc(-c2cc(Br)ccc2F)s1)c1cnn(C)c1. The number of aromatic nitrogens is 4. The maximum absolute atomic E-state index is 14.0. The molecule has 3 aromatic rings. The molecule has 0 amide bonds. The highest BCUT2D eigenvalue weighted by Gasteiger charge is 2.17. The second-order valence-electron chi connectivity index (χ2n) is 5.84. The molecular formula is C16H18BrFN6S. The van der Waals surface area contributed by atoms with Crippen LogP contribution in [0.3, 0.4) is 0 Å². The summed E-state index contributed by atoms with van der Waals surface area (Å²) >= 11 is 4.68. The summed E-state index contributed by atoms with van der Waals surface area (Å²) in [4.78, 5) is 2.11. The summed E-state index contributed by atoms with van der Waals surface area (Å²) in [6.07, 6.45) is 3.85. The second kappa shape index (κ2) is 7.59. The standard InChI is InChI=1S/C16H18BrFN6S/c1-23(2)14(10-7-20-24(3)9-10)8-19-16-22-21-15(25-16)12-6-11(17)4-5-13(12)18/h4-7,9,14H,8H2,1-3H3,(H,19,22). The van der Waals surface area contributed by atoms with Crippen LogP contribution in [0.25, 0.3) is 10.6 Å². The average Bonchev–Trinajstić information content (AvgIpc) is 3.19. The van der Waals surface area contributed by atoms with Crippen LogP contribution in [-0.2, 0) is 7.05 Å². The van der Waals surface area contributed by atoms with Crippen LogP contribution < -0.4 is 5.32 Å². The number of likely N-dealkylation sites (N-methyl/N-ethyl adjacent to an activating group) is 1. The van der Waals surface area contributed by atoms with E-state index in [9.17, 15) is 4.39 Å². The van der Waals surface area contributed by atoms with Gasteiger partial charge < -0.3 is 10.2 Å². The van der Waals surface area contributed by atoms with E-state index in [4.69, 9.17) is 0 Å². The number of benzene rings is 1. The molecule has 0 aliphatic heterocycles. The molecule has 9 heteroatoms. The lowest BCUT2D eigenvalue weighted by molar-refractivity contribution is 0.311. The van der Waals surface area contributed by atoms with Crippen LogP contribution >= 0.6 is 27.3 Å². The zero-order chi connectivity index (χ0) is 18.0. The minimum atomic E-state index is -0.313.